The summed E-state index contributed by atoms with van der Waals surface area (Å²) in [5.41, 5.74) is 1.77. The van der Waals surface area contributed by atoms with Crippen molar-refractivity contribution in [3.63, 3.8) is 0 Å². The minimum Gasteiger partial charge on any atom is -0.624 e. The zero-order valence-electron chi connectivity index (χ0n) is 14.7. The number of fused-ring (bicyclic) bond motifs is 4. The molecule has 0 amide bonds. The average molecular weight is 383 g/mol. The predicted molar refractivity (Wildman–Crippen MR) is 101 cm³/mol. The van der Waals surface area contributed by atoms with Crippen LogP contribution < -0.4 is 4.65 Å². The van der Waals surface area contributed by atoms with Crippen LogP contribution in [-0.2, 0) is 23.5 Å². The molecule has 136 valence electrons. The lowest BCUT2D eigenvalue weighted by molar-refractivity contribution is -0.323. The van der Waals surface area contributed by atoms with Crippen LogP contribution >= 0.6 is 11.6 Å². The van der Waals surface area contributed by atoms with E-state index in [0.29, 0.717) is 5.75 Å². The number of rotatable bonds is 4. The van der Waals surface area contributed by atoms with E-state index in [1.165, 1.54) is 25.5 Å². The van der Waals surface area contributed by atoms with Crippen molar-refractivity contribution in [2.75, 3.05) is 0 Å². The molecule has 0 fully saturated rings. The molecule has 0 saturated carbocycles. The van der Waals surface area contributed by atoms with E-state index in [0.717, 1.165) is 16.1 Å². The van der Waals surface area contributed by atoms with Gasteiger partial charge in [0.2, 0.25) is 0 Å². The molecule has 2 aromatic carbocycles. The highest BCUT2D eigenvalue weighted by Crippen LogP contribution is 2.49. The molecule has 0 aliphatic carbocycles. The Kier molecular flexibility index (Phi) is 4.45. The molecule has 7 nitrogen and oxygen atoms in total. The molecule has 0 aromatic heterocycles. The van der Waals surface area contributed by atoms with Crippen LogP contribution in [0.15, 0.2) is 53.4 Å². The van der Waals surface area contributed by atoms with Gasteiger partial charge >= 0.3 is 13.3 Å². The van der Waals surface area contributed by atoms with Crippen LogP contribution in [0.5, 0.6) is 5.75 Å². The highest BCUT2D eigenvalue weighted by molar-refractivity contribution is 8.27. The molecule has 1 unspecified atom stereocenters. The Hall–Kier alpha value is -2.71. The average Bonchev–Trinajstić information content (AvgIpc) is 2.91. The number of para-hydroxylation sites is 2. The van der Waals surface area contributed by atoms with Crippen molar-refractivity contribution in [2.45, 2.75) is 18.7 Å². The number of hydrogen-bond acceptors (Lipinski definition) is 7. The van der Waals surface area contributed by atoms with Crippen molar-refractivity contribution < 1.29 is 32.6 Å². The summed E-state index contributed by atoms with van der Waals surface area (Å²) in [5, 5.41) is 0. The van der Waals surface area contributed by atoms with Gasteiger partial charge in [0.05, 0.1) is 11.3 Å². The van der Waals surface area contributed by atoms with Crippen LogP contribution in [0, 0.1) is 0 Å². The smallest absolute Gasteiger partial charge is 0.624 e. The van der Waals surface area contributed by atoms with Gasteiger partial charge in [-0.1, -0.05) is 24.3 Å². The lowest BCUT2D eigenvalue weighted by Crippen LogP contribution is -2.56. The first-order valence-electron chi connectivity index (χ1n) is 8.32. The maximum Gasteiger partial charge on any atom is 0.753 e. The summed E-state index contributed by atoms with van der Waals surface area (Å²) in [4.78, 5) is 23.8. The van der Waals surface area contributed by atoms with E-state index >= 15 is 0 Å². The van der Waals surface area contributed by atoms with Gasteiger partial charge in [-0.2, -0.15) is 11.6 Å². The lowest BCUT2D eigenvalue weighted by Gasteiger charge is -2.36. The largest absolute Gasteiger partial charge is 0.753 e. The summed E-state index contributed by atoms with van der Waals surface area (Å²) in [5.74, 6) is -2.90. The fourth-order valence-electron chi connectivity index (χ4n) is 3.02. The van der Waals surface area contributed by atoms with Crippen LogP contribution in [-0.4, -0.2) is 35.9 Å². The standard InChI is InChI=1S/C17H15B2NO6S/c1-12(21)23-18(24-13(2)22)26-19-20(15-8-4-6-10-17(15)27-19)11-14-7-3-5-9-16(14)25-19/h3-11H,1-2H3. The van der Waals surface area contributed by atoms with Gasteiger partial charge < -0.3 is 23.0 Å². The van der Waals surface area contributed by atoms with E-state index < -0.39 is 25.2 Å². The Morgan fingerprint density at radius 1 is 1.04 bits per heavy atom. The van der Waals surface area contributed by atoms with Crippen molar-refractivity contribution in [1.82, 2.24) is 0 Å². The maximum atomic E-state index is 11.4. The molecule has 2 aliphatic rings. The fourth-order valence-corrected chi connectivity index (χ4v) is 4.37. The van der Waals surface area contributed by atoms with E-state index in [2.05, 4.69) is 0 Å². The number of nitrogens with zero attached hydrogens (tertiary/aromatic N) is 1. The first-order valence-corrected chi connectivity index (χ1v) is 9.20. The molecule has 0 bridgehead atoms. The van der Waals surface area contributed by atoms with Gasteiger partial charge in [-0.05, 0) is 18.2 Å². The predicted octanol–water partition coefficient (Wildman–Crippen LogP) is 2.51. The highest BCUT2D eigenvalue weighted by atomic mass is 32.2. The number of hydrogen-bond donors (Lipinski definition) is 0. The van der Waals surface area contributed by atoms with Gasteiger partial charge in [-0.3, -0.25) is 9.59 Å². The number of carbonyl (C=O) groups excluding carboxylic acids is 2. The Morgan fingerprint density at radius 3 is 2.44 bits per heavy atom. The monoisotopic (exact) mass is 383 g/mol. The van der Waals surface area contributed by atoms with Crippen LogP contribution in [0.2, 0.25) is 0 Å². The van der Waals surface area contributed by atoms with Gasteiger partial charge in [-0.25, -0.2) is 0 Å². The van der Waals surface area contributed by atoms with Crippen molar-refractivity contribution in [3.05, 3.63) is 54.1 Å². The molecular weight excluding hydrogens is 368 g/mol. The van der Waals surface area contributed by atoms with Crippen molar-refractivity contribution in [2.24, 2.45) is 0 Å². The molecule has 2 heterocycles. The summed E-state index contributed by atoms with van der Waals surface area (Å²) >= 11 is 1.34. The second-order valence-corrected chi connectivity index (χ2v) is 7.30. The van der Waals surface area contributed by atoms with Crippen molar-refractivity contribution >= 4 is 48.7 Å². The third-order valence-electron chi connectivity index (χ3n) is 4.04. The molecule has 4 rings (SSSR count). The summed E-state index contributed by atoms with van der Waals surface area (Å²) in [6, 6.07) is 15.2. The topological polar surface area (TPSA) is 74.1 Å². The van der Waals surface area contributed by atoms with Gasteiger partial charge in [-0.15, -0.1) is 0 Å². The summed E-state index contributed by atoms with van der Waals surface area (Å²) < 4.78 is 24.1. The fraction of sp³-hybridized carbons (Fsp3) is 0.118. The molecule has 2 aromatic rings. The van der Waals surface area contributed by atoms with E-state index in [1.54, 1.807) is 0 Å². The second-order valence-electron chi connectivity index (χ2n) is 6.03. The zero-order chi connectivity index (χ0) is 19.0. The van der Waals surface area contributed by atoms with Gasteiger partial charge in [0.15, 0.2) is 5.69 Å². The van der Waals surface area contributed by atoms with Crippen molar-refractivity contribution in [3.8, 4) is 5.75 Å². The summed E-state index contributed by atoms with van der Waals surface area (Å²) in [6.07, 6.45) is 1.91. The van der Waals surface area contributed by atoms with Crippen molar-refractivity contribution in [1.29, 1.82) is 0 Å². The Labute approximate surface area is 160 Å². The van der Waals surface area contributed by atoms with E-state index in [1.807, 2.05) is 59.2 Å². The first-order chi connectivity index (χ1) is 13.0. The van der Waals surface area contributed by atoms with E-state index in [4.69, 9.17) is 18.5 Å². The molecular formula is C17H15B2NO6S. The molecule has 0 spiro atoms. The van der Waals surface area contributed by atoms with Crippen LogP contribution in [0.3, 0.4) is 0 Å². The quantitative estimate of drug-likeness (QED) is 0.752. The van der Waals surface area contributed by atoms with E-state index in [-0.39, 0.29) is 0 Å². The number of benzene rings is 2. The van der Waals surface area contributed by atoms with E-state index in [9.17, 15) is 9.59 Å². The molecule has 2 aliphatic heterocycles. The Morgan fingerprint density at radius 2 is 1.70 bits per heavy atom. The minimum absolute atomic E-state index is 0.624. The zero-order valence-corrected chi connectivity index (χ0v) is 15.5. The maximum absolute atomic E-state index is 11.4. The molecule has 0 saturated heterocycles. The Balaban J connectivity index is 1.77. The molecule has 10 heteroatoms. The second kappa shape index (κ2) is 6.79. The summed E-state index contributed by atoms with van der Waals surface area (Å²) in [7, 11) is -1.53. The van der Waals surface area contributed by atoms with Gasteiger partial charge in [0, 0.05) is 24.8 Å². The summed E-state index contributed by atoms with van der Waals surface area (Å²) in [6.45, 7) is 2.42. The van der Waals surface area contributed by atoms with Gasteiger partial charge in [0.25, 0.3) is 11.9 Å². The Bertz CT molecular complexity index is 946. The first kappa shape index (κ1) is 17.7. The molecule has 27 heavy (non-hydrogen) atoms. The SMILES string of the molecule is CC(=O)OB(OC(C)=O)O[B-]12Oc3ccccc3C=[N+]1c1ccccc1S2. The molecule has 0 radical (unpaired) electrons. The number of carbonyl (C=O) groups is 2. The normalized spacial score (nSPS) is 19.0. The minimum atomic E-state index is -2.25. The lowest BCUT2D eigenvalue weighted by atomic mass is 9.95. The third kappa shape index (κ3) is 3.33. The van der Waals surface area contributed by atoms with Crippen LogP contribution in [0.25, 0.3) is 0 Å². The molecule has 1 atom stereocenters. The molecule has 0 N–H and O–H groups in total. The third-order valence-corrected chi connectivity index (χ3v) is 5.37. The highest BCUT2D eigenvalue weighted by Gasteiger charge is 2.58. The van der Waals surface area contributed by atoms with Gasteiger partial charge in [0.1, 0.15) is 6.21 Å². The van der Waals surface area contributed by atoms with Crippen LogP contribution in [0.4, 0.5) is 5.69 Å². The van der Waals surface area contributed by atoms with Crippen LogP contribution in [0.1, 0.15) is 19.4 Å².